The third kappa shape index (κ3) is 3.49. The average molecular weight is 353 g/mol. The van der Waals surface area contributed by atoms with Crippen molar-refractivity contribution in [1.29, 1.82) is 0 Å². The number of hydrogen-bond donors (Lipinski definition) is 2. The lowest BCUT2D eigenvalue weighted by Gasteiger charge is -2.18. The van der Waals surface area contributed by atoms with Crippen molar-refractivity contribution in [2.45, 2.75) is 20.3 Å². The van der Waals surface area contributed by atoms with Crippen LogP contribution in [0.4, 0.5) is 17.1 Å². The number of methoxy groups -OCH3 is 1. The van der Waals surface area contributed by atoms with Crippen molar-refractivity contribution < 1.29 is 14.3 Å². The maximum atomic E-state index is 12.8. The Morgan fingerprint density at radius 2 is 1.88 bits per heavy atom. The Morgan fingerprint density at radius 1 is 1.19 bits per heavy atom. The van der Waals surface area contributed by atoms with Crippen LogP contribution in [0.5, 0.6) is 5.75 Å². The summed E-state index contributed by atoms with van der Waals surface area (Å²) in [5.41, 5.74) is 9.80. The molecule has 1 atom stereocenters. The Hall–Kier alpha value is -3.02. The van der Waals surface area contributed by atoms with Crippen molar-refractivity contribution in [2.24, 2.45) is 5.92 Å². The van der Waals surface area contributed by atoms with Crippen LogP contribution in [-0.4, -0.2) is 25.5 Å². The summed E-state index contributed by atoms with van der Waals surface area (Å²) in [6.07, 6.45) is 0.474. The number of ether oxygens (including phenoxy) is 1. The molecule has 2 amide bonds. The van der Waals surface area contributed by atoms with E-state index in [1.807, 2.05) is 26.0 Å². The first-order valence-electron chi connectivity index (χ1n) is 8.53. The summed E-state index contributed by atoms with van der Waals surface area (Å²) in [7, 11) is 1.54. The van der Waals surface area contributed by atoms with Crippen LogP contribution in [0.2, 0.25) is 0 Å². The second-order valence-corrected chi connectivity index (χ2v) is 6.62. The molecule has 1 heterocycles. The van der Waals surface area contributed by atoms with Gasteiger partial charge < -0.3 is 20.7 Å². The lowest BCUT2D eigenvalue weighted by molar-refractivity contribution is -0.129. The van der Waals surface area contributed by atoms with Gasteiger partial charge in [-0.25, -0.2) is 0 Å². The molecule has 0 aliphatic carbocycles. The molecule has 0 aromatic heterocycles. The highest BCUT2D eigenvalue weighted by Crippen LogP contribution is 2.29. The summed E-state index contributed by atoms with van der Waals surface area (Å²) < 4.78 is 5.15. The topological polar surface area (TPSA) is 84.7 Å². The van der Waals surface area contributed by atoms with E-state index in [4.69, 9.17) is 10.5 Å². The fourth-order valence-corrected chi connectivity index (χ4v) is 3.28. The van der Waals surface area contributed by atoms with E-state index in [0.29, 0.717) is 30.1 Å². The first kappa shape index (κ1) is 17.8. The number of benzene rings is 2. The third-order valence-electron chi connectivity index (χ3n) is 4.56. The van der Waals surface area contributed by atoms with Crippen molar-refractivity contribution in [2.75, 3.05) is 29.6 Å². The summed E-state index contributed by atoms with van der Waals surface area (Å²) in [5, 5.41) is 2.76. The molecule has 0 radical (unpaired) electrons. The minimum absolute atomic E-state index is 0.186. The second-order valence-electron chi connectivity index (χ2n) is 6.62. The van der Waals surface area contributed by atoms with Crippen molar-refractivity contribution in [3.63, 3.8) is 0 Å². The van der Waals surface area contributed by atoms with Gasteiger partial charge in [0, 0.05) is 18.3 Å². The largest absolute Gasteiger partial charge is 0.497 e. The molecule has 6 nitrogen and oxygen atoms in total. The second kappa shape index (κ2) is 7.07. The van der Waals surface area contributed by atoms with Gasteiger partial charge in [-0.3, -0.25) is 9.59 Å². The van der Waals surface area contributed by atoms with Gasteiger partial charge in [0.1, 0.15) is 11.7 Å². The van der Waals surface area contributed by atoms with Gasteiger partial charge in [-0.15, -0.1) is 0 Å². The van der Waals surface area contributed by atoms with E-state index in [1.165, 1.54) is 0 Å². The first-order chi connectivity index (χ1) is 12.4. The molecule has 1 unspecified atom stereocenters. The van der Waals surface area contributed by atoms with E-state index in [-0.39, 0.29) is 11.8 Å². The van der Waals surface area contributed by atoms with Crippen LogP contribution in [-0.2, 0) is 9.59 Å². The van der Waals surface area contributed by atoms with E-state index in [2.05, 4.69) is 11.4 Å². The molecule has 3 rings (SSSR count). The summed E-state index contributed by atoms with van der Waals surface area (Å²) in [4.78, 5) is 27.1. The lowest BCUT2D eigenvalue weighted by atomic mass is 10.1. The number of carbonyl (C=O) groups is 2. The number of nitrogens with one attached hydrogen (secondary N) is 1. The Morgan fingerprint density at radius 3 is 2.54 bits per heavy atom. The summed E-state index contributed by atoms with van der Waals surface area (Å²) in [6, 6.07) is 11.0. The van der Waals surface area contributed by atoms with Crippen LogP contribution in [0, 0.1) is 19.8 Å². The molecule has 2 aromatic rings. The molecule has 26 heavy (non-hydrogen) atoms. The molecule has 0 bridgehead atoms. The standard InChI is InChI=1S/C20H23N3O3/c1-12-8-13(2)10-14(9-12)23-7-6-16(20(23)25)19(24)22-18-11-15(26-3)4-5-17(18)21/h4-5,8-11,16H,6-7,21H2,1-3H3,(H,22,24). The number of hydrogen-bond acceptors (Lipinski definition) is 4. The molecule has 6 heteroatoms. The maximum absolute atomic E-state index is 12.8. The van der Waals surface area contributed by atoms with Crippen LogP contribution in [0.25, 0.3) is 0 Å². The fraction of sp³-hybridized carbons (Fsp3) is 0.300. The van der Waals surface area contributed by atoms with Gasteiger partial charge in [0.25, 0.3) is 0 Å². The van der Waals surface area contributed by atoms with E-state index in [1.54, 1.807) is 30.2 Å². The molecular weight excluding hydrogens is 330 g/mol. The number of nitrogens with two attached hydrogens (primary N) is 1. The van der Waals surface area contributed by atoms with Crippen molar-refractivity contribution in [1.82, 2.24) is 0 Å². The first-order valence-corrected chi connectivity index (χ1v) is 8.53. The Kier molecular flexibility index (Phi) is 4.84. The zero-order valence-corrected chi connectivity index (χ0v) is 15.2. The SMILES string of the molecule is COc1ccc(N)c(NC(=O)C2CCN(c3cc(C)cc(C)c3)C2=O)c1. The van der Waals surface area contributed by atoms with Crippen LogP contribution in [0.15, 0.2) is 36.4 Å². The number of rotatable bonds is 4. The van der Waals surface area contributed by atoms with Crippen molar-refractivity contribution >= 4 is 28.9 Å². The van der Waals surface area contributed by atoms with Crippen molar-refractivity contribution in [3.05, 3.63) is 47.5 Å². The lowest BCUT2D eigenvalue weighted by Crippen LogP contribution is -2.33. The highest BCUT2D eigenvalue weighted by molar-refractivity contribution is 6.13. The van der Waals surface area contributed by atoms with E-state index in [0.717, 1.165) is 16.8 Å². The molecule has 0 spiro atoms. The average Bonchev–Trinajstić information content (AvgIpc) is 2.97. The third-order valence-corrected chi connectivity index (χ3v) is 4.56. The zero-order valence-electron chi connectivity index (χ0n) is 15.2. The number of carbonyl (C=O) groups excluding carboxylic acids is 2. The minimum Gasteiger partial charge on any atom is -0.497 e. The minimum atomic E-state index is -0.721. The van der Waals surface area contributed by atoms with Gasteiger partial charge in [-0.1, -0.05) is 6.07 Å². The molecule has 1 saturated heterocycles. The maximum Gasteiger partial charge on any atom is 0.239 e. The number of nitrogen functional groups attached to an aromatic ring is 1. The highest BCUT2D eigenvalue weighted by atomic mass is 16.5. The number of anilines is 3. The zero-order chi connectivity index (χ0) is 18.8. The van der Waals surface area contributed by atoms with Gasteiger partial charge >= 0.3 is 0 Å². The smallest absolute Gasteiger partial charge is 0.239 e. The molecule has 1 aliphatic rings. The summed E-state index contributed by atoms with van der Waals surface area (Å²) in [5.74, 6) is -0.665. The summed E-state index contributed by atoms with van der Waals surface area (Å²) >= 11 is 0. The predicted octanol–water partition coefficient (Wildman–Crippen LogP) is 2.89. The predicted molar refractivity (Wildman–Crippen MR) is 102 cm³/mol. The Labute approximate surface area is 152 Å². The molecular formula is C20H23N3O3. The van der Waals surface area contributed by atoms with Crippen LogP contribution in [0.1, 0.15) is 17.5 Å². The van der Waals surface area contributed by atoms with E-state index < -0.39 is 5.92 Å². The van der Waals surface area contributed by atoms with Crippen molar-refractivity contribution in [3.8, 4) is 5.75 Å². The van der Waals surface area contributed by atoms with Gasteiger partial charge in [-0.2, -0.15) is 0 Å². The van der Waals surface area contributed by atoms with Gasteiger partial charge in [0.2, 0.25) is 11.8 Å². The molecule has 3 N–H and O–H groups in total. The number of aryl methyl sites for hydroxylation is 2. The molecule has 2 aromatic carbocycles. The van der Waals surface area contributed by atoms with Crippen LogP contribution >= 0.6 is 0 Å². The van der Waals surface area contributed by atoms with Crippen LogP contribution < -0.4 is 20.7 Å². The van der Waals surface area contributed by atoms with Gasteiger partial charge in [0.05, 0.1) is 18.5 Å². The molecule has 0 saturated carbocycles. The Balaban J connectivity index is 1.76. The molecule has 1 fully saturated rings. The van der Waals surface area contributed by atoms with E-state index in [9.17, 15) is 9.59 Å². The number of amides is 2. The molecule has 136 valence electrons. The highest BCUT2D eigenvalue weighted by Gasteiger charge is 2.37. The fourth-order valence-electron chi connectivity index (χ4n) is 3.28. The molecule has 1 aliphatic heterocycles. The van der Waals surface area contributed by atoms with E-state index >= 15 is 0 Å². The normalized spacial score (nSPS) is 16.7. The summed E-state index contributed by atoms with van der Waals surface area (Å²) in [6.45, 7) is 4.51. The van der Waals surface area contributed by atoms with Crippen LogP contribution in [0.3, 0.4) is 0 Å². The monoisotopic (exact) mass is 353 g/mol. The van der Waals surface area contributed by atoms with Gasteiger partial charge in [0.15, 0.2) is 0 Å². The van der Waals surface area contributed by atoms with Gasteiger partial charge in [-0.05, 0) is 55.7 Å². The quantitative estimate of drug-likeness (QED) is 0.654. The number of nitrogens with zero attached hydrogens (tertiary/aromatic N) is 1. The Bertz CT molecular complexity index is 843.